The van der Waals surface area contributed by atoms with E-state index in [-0.39, 0.29) is 12.3 Å². The van der Waals surface area contributed by atoms with Gasteiger partial charge in [0.15, 0.2) is 6.29 Å². The normalized spacial score (nSPS) is 10.7. The van der Waals surface area contributed by atoms with Crippen molar-refractivity contribution in [3.8, 4) is 11.1 Å². The van der Waals surface area contributed by atoms with Crippen molar-refractivity contribution in [3.63, 3.8) is 0 Å². The van der Waals surface area contributed by atoms with Gasteiger partial charge in [0, 0.05) is 23.0 Å². The number of benzene rings is 3. The van der Waals surface area contributed by atoms with Crippen molar-refractivity contribution < 1.29 is 14.3 Å². The highest BCUT2D eigenvalue weighted by atomic mass is 35.5. The molecule has 0 spiro atoms. The summed E-state index contributed by atoms with van der Waals surface area (Å²) in [7, 11) is 1.39. The fraction of sp³-hybridized carbons (Fsp3) is 0.0800. The molecule has 6 nitrogen and oxygen atoms in total. The number of hydrogen-bond donors (Lipinski definition) is 0. The Balaban J connectivity index is 1.86. The standard InChI is InChI=1S/C25H19ClN2O4/c1-27(25(31)32-16-17-8-4-2-5-9-17)28-22(15-29)23(18-10-6-3-7-11-18)21-14-19(26)12-13-20(21)24(28)30/h2-15H,16H2,1H3. The maximum atomic E-state index is 13.3. The van der Waals surface area contributed by atoms with Crippen molar-refractivity contribution in [3.05, 3.63) is 105 Å². The molecule has 0 aliphatic carbocycles. The maximum Gasteiger partial charge on any atom is 0.429 e. The minimum atomic E-state index is -0.772. The Kier molecular flexibility index (Phi) is 6.05. The van der Waals surface area contributed by atoms with Crippen molar-refractivity contribution in [2.45, 2.75) is 6.61 Å². The summed E-state index contributed by atoms with van der Waals surface area (Å²) in [6.45, 7) is 0.0317. The molecule has 32 heavy (non-hydrogen) atoms. The molecule has 0 saturated heterocycles. The van der Waals surface area contributed by atoms with Crippen LogP contribution in [-0.4, -0.2) is 24.1 Å². The topological polar surface area (TPSA) is 68.6 Å². The van der Waals surface area contributed by atoms with Gasteiger partial charge in [-0.1, -0.05) is 72.3 Å². The van der Waals surface area contributed by atoms with Crippen LogP contribution in [0.25, 0.3) is 21.9 Å². The summed E-state index contributed by atoms with van der Waals surface area (Å²) in [5.41, 5.74) is 1.50. The molecule has 0 aliphatic heterocycles. The third-order valence-electron chi connectivity index (χ3n) is 5.10. The summed E-state index contributed by atoms with van der Waals surface area (Å²) in [4.78, 5) is 38.4. The highest BCUT2D eigenvalue weighted by molar-refractivity contribution is 6.31. The Morgan fingerprint density at radius 3 is 2.31 bits per heavy atom. The largest absolute Gasteiger partial charge is 0.443 e. The fourth-order valence-corrected chi connectivity index (χ4v) is 3.76. The van der Waals surface area contributed by atoms with E-state index in [0.29, 0.717) is 33.2 Å². The SMILES string of the molecule is CN(C(=O)OCc1ccccc1)n1c(C=O)c(-c2ccccc2)c2cc(Cl)ccc2c1=O. The van der Waals surface area contributed by atoms with E-state index in [9.17, 15) is 14.4 Å². The van der Waals surface area contributed by atoms with Crippen molar-refractivity contribution in [2.75, 3.05) is 12.1 Å². The van der Waals surface area contributed by atoms with E-state index in [4.69, 9.17) is 16.3 Å². The van der Waals surface area contributed by atoms with E-state index in [1.54, 1.807) is 18.2 Å². The number of halogens is 1. The van der Waals surface area contributed by atoms with Gasteiger partial charge in [-0.25, -0.2) is 14.5 Å². The molecule has 4 aromatic rings. The molecule has 0 unspecified atom stereocenters. The van der Waals surface area contributed by atoms with Gasteiger partial charge in [-0.3, -0.25) is 9.59 Å². The second-order valence-electron chi connectivity index (χ2n) is 7.11. The second kappa shape index (κ2) is 9.08. The number of carbonyl (C=O) groups excluding carboxylic acids is 2. The Bertz CT molecular complexity index is 1350. The number of pyridine rings is 1. The van der Waals surface area contributed by atoms with Crippen LogP contribution in [0.5, 0.6) is 0 Å². The lowest BCUT2D eigenvalue weighted by molar-refractivity contribution is 0.111. The van der Waals surface area contributed by atoms with E-state index < -0.39 is 11.7 Å². The van der Waals surface area contributed by atoms with Crippen LogP contribution in [0, 0.1) is 0 Å². The Hall–Kier alpha value is -3.90. The molecule has 3 aromatic carbocycles. The van der Waals surface area contributed by atoms with Crippen LogP contribution >= 0.6 is 11.6 Å². The first-order chi connectivity index (χ1) is 15.5. The predicted molar refractivity (Wildman–Crippen MR) is 125 cm³/mol. The van der Waals surface area contributed by atoms with Gasteiger partial charge in [-0.2, -0.15) is 0 Å². The monoisotopic (exact) mass is 446 g/mol. The first kappa shape index (κ1) is 21.3. The van der Waals surface area contributed by atoms with Gasteiger partial charge >= 0.3 is 6.09 Å². The molecule has 0 bridgehead atoms. The van der Waals surface area contributed by atoms with Gasteiger partial charge in [0.2, 0.25) is 0 Å². The number of aromatic nitrogens is 1. The van der Waals surface area contributed by atoms with Crippen molar-refractivity contribution in [1.29, 1.82) is 0 Å². The van der Waals surface area contributed by atoms with Crippen LogP contribution in [0.2, 0.25) is 5.02 Å². The molecule has 0 fully saturated rings. The average molecular weight is 447 g/mol. The second-order valence-corrected chi connectivity index (χ2v) is 7.55. The van der Waals surface area contributed by atoms with Crippen LogP contribution < -0.4 is 10.6 Å². The molecule has 1 heterocycles. The summed E-state index contributed by atoms with van der Waals surface area (Å²) in [5.74, 6) is 0. The number of rotatable bonds is 5. The van der Waals surface area contributed by atoms with Crippen molar-refractivity contribution >= 4 is 34.8 Å². The summed E-state index contributed by atoms with van der Waals surface area (Å²) in [6, 6.07) is 23.2. The molecule has 4 rings (SSSR count). The minimum Gasteiger partial charge on any atom is -0.443 e. The van der Waals surface area contributed by atoms with Crippen LogP contribution in [0.3, 0.4) is 0 Å². The number of hydrogen-bond acceptors (Lipinski definition) is 4. The molecule has 0 N–H and O–H groups in total. The molecule has 0 atom stereocenters. The maximum absolute atomic E-state index is 13.3. The fourth-order valence-electron chi connectivity index (χ4n) is 3.59. The van der Waals surface area contributed by atoms with Crippen LogP contribution in [0.15, 0.2) is 83.7 Å². The lowest BCUT2D eigenvalue weighted by atomic mass is 9.97. The molecule has 1 amide bonds. The Morgan fingerprint density at radius 2 is 1.66 bits per heavy atom. The summed E-state index contributed by atoms with van der Waals surface area (Å²) in [6.07, 6.45) is -0.211. The highest BCUT2D eigenvalue weighted by Gasteiger charge is 2.23. The van der Waals surface area contributed by atoms with Crippen molar-refractivity contribution in [2.24, 2.45) is 0 Å². The molecule has 160 valence electrons. The van der Waals surface area contributed by atoms with Gasteiger partial charge in [0.1, 0.15) is 12.3 Å². The molecule has 0 radical (unpaired) electrons. The number of aldehydes is 1. The van der Waals surface area contributed by atoms with Gasteiger partial charge in [0.05, 0.1) is 0 Å². The van der Waals surface area contributed by atoms with E-state index in [1.807, 2.05) is 60.7 Å². The van der Waals surface area contributed by atoms with E-state index in [2.05, 4.69) is 0 Å². The number of nitrogens with zero attached hydrogens (tertiary/aromatic N) is 2. The van der Waals surface area contributed by atoms with Crippen LogP contribution in [0.4, 0.5) is 4.79 Å². The molecule has 0 aliphatic rings. The molecular weight excluding hydrogens is 428 g/mol. The zero-order chi connectivity index (χ0) is 22.7. The molecule has 7 heteroatoms. The average Bonchev–Trinajstić information content (AvgIpc) is 2.83. The van der Waals surface area contributed by atoms with Crippen LogP contribution in [0.1, 0.15) is 16.1 Å². The third-order valence-corrected chi connectivity index (χ3v) is 5.34. The first-order valence-corrected chi connectivity index (χ1v) is 10.2. The molecule has 1 aromatic heterocycles. The van der Waals surface area contributed by atoms with Gasteiger partial charge < -0.3 is 4.74 Å². The minimum absolute atomic E-state index is 0.0233. The number of amides is 1. The quantitative estimate of drug-likeness (QED) is 0.403. The predicted octanol–water partition coefficient (Wildman–Crippen LogP) is 5.04. The van der Waals surface area contributed by atoms with Gasteiger partial charge in [0.25, 0.3) is 5.56 Å². The zero-order valence-electron chi connectivity index (χ0n) is 17.2. The van der Waals surface area contributed by atoms with Gasteiger partial charge in [-0.15, -0.1) is 0 Å². The van der Waals surface area contributed by atoms with E-state index in [0.717, 1.165) is 15.2 Å². The summed E-state index contributed by atoms with van der Waals surface area (Å²) >= 11 is 6.20. The smallest absolute Gasteiger partial charge is 0.429 e. The third kappa shape index (κ3) is 4.00. The summed E-state index contributed by atoms with van der Waals surface area (Å²) < 4.78 is 6.41. The van der Waals surface area contributed by atoms with Crippen LogP contribution in [-0.2, 0) is 11.3 Å². The lowest BCUT2D eigenvalue weighted by Gasteiger charge is -2.24. The van der Waals surface area contributed by atoms with E-state index >= 15 is 0 Å². The van der Waals surface area contributed by atoms with Crippen molar-refractivity contribution in [1.82, 2.24) is 4.68 Å². The highest BCUT2D eigenvalue weighted by Crippen LogP contribution is 2.31. The zero-order valence-corrected chi connectivity index (χ0v) is 18.0. The summed E-state index contributed by atoms with van der Waals surface area (Å²) in [5, 5.41) is 2.29. The van der Waals surface area contributed by atoms with E-state index in [1.165, 1.54) is 7.05 Å². The molecule has 0 saturated carbocycles. The number of fused-ring (bicyclic) bond motifs is 1. The lowest BCUT2D eigenvalue weighted by Crippen LogP contribution is -2.45. The molecular formula is C25H19ClN2O4. The first-order valence-electron chi connectivity index (χ1n) is 9.85. The number of carbonyl (C=O) groups is 2. The number of ether oxygens (including phenoxy) is 1. The Labute approximate surface area is 189 Å². The van der Waals surface area contributed by atoms with Gasteiger partial charge in [-0.05, 0) is 34.7 Å². The Morgan fingerprint density at radius 1 is 1.00 bits per heavy atom.